The highest BCUT2D eigenvalue weighted by molar-refractivity contribution is 7.89. The maximum Gasteiger partial charge on any atom is 0.261 e. The Kier molecular flexibility index (Phi) is 3.63. The largest absolute Gasteiger partial charge is 0.444 e. The van der Waals surface area contributed by atoms with E-state index >= 15 is 0 Å². The molecular weight excluding hydrogens is 273 g/mol. The lowest BCUT2D eigenvalue weighted by Gasteiger charge is -2.10. The molecule has 2 aromatic rings. The Balaban J connectivity index is 2.25. The molecule has 1 N–H and O–H groups in total. The fourth-order valence-corrected chi connectivity index (χ4v) is 2.68. The number of pyridine rings is 1. The Morgan fingerprint density at radius 1 is 1.42 bits per heavy atom. The minimum Gasteiger partial charge on any atom is -0.444 e. The Morgan fingerprint density at radius 2 is 2.16 bits per heavy atom. The first kappa shape index (κ1) is 13.6. The molecule has 0 spiro atoms. The normalized spacial score (nSPS) is 13.4. The van der Waals surface area contributed by atoms with Crippen LogP contribution in [0.1, 0.15) is 24.6 Å². The second-order valence-corrected chi connectivity index (χ2v) is 5.57. The summed E-state index contributed by atoms with van der Waals surface area (Å²) in [6, 6.07) is 1.62. The first-order chi connectivity index (χ1) is 8.90. The summed E-state index contributed by atoms with van der Waals surface area (Å²) in [6.07, 6.45) is 2.68. The lowest BCUT2D eigenvalue weighted by molar-refractivity contribution is 0.426. The Morgan fingerprint density at radius 3 is 2.74 bits per heavy atom. The number of nitrogens with zero attached hydrogens (tertiary/aromatic N) is 2. The highest BCUT2D eigenvalue weighted by Crippen LogP contribution is 2.17. The van der Waals surface area contributed by atoms with E-state index < -0.39 is 26.9 Å². The number of sulfonamides is 1. The van der Waals surface area contributed by atoms with Crippen LogP contribution >= 0.6 is 0 Å². The van der Waals surface area contributed by atoms with Crippen LogP contribution in [0.15, 0.2) is 34.0 Å². The standard InChI is InChI=1S/C11H12FN3O3S/c1-7-6-14-10(18-7)8(2)15-19(16,17)11-9(12)4-3-5-13-11/h3-6,8,15H,1-2H3. The molecule has 0 bridgehead atoms. The fraction of sp³-hybridized carbons (Fsp3) is 0.273. The number of hydrogen-bond acceptors (Lipinski definition) is 5. The van der Waals surface area contributed by atoms with E-state index in [0.717, 1.165) is 6.07 Å². The zero-order chi connectivity index (χ0) is 14.0. The van der Waals surface area contributed by atoms with Gasteiger partial charge in [-0.15, -0.1) is 0 Å². The summed E-state index contributed by atoms with van der Waals surface area (Å²) in [4.78, 5) is 7.43. The van der Waals surface area contributed by atoms with Crippen molar-refractivity contribution < 1.29 is 17.2 Å². The molecule has 8 heteroatoms. The highest BCUT2D eigenvalue weighted by Gasteiger charge is 2.25. The fourth-order valence-electron chi connectivity index (χ4n) is 1.48. The average molecular weight is 285 g/mol. The van der Waals surface area contributed by atoms with Gasteiger partial charge in [-0.05, 0) is 26.0 Å². The van der Waals surface area contributed by atoms with Gasteiger partial charge in [0.25, 0.3) is 10.0 Å². The van der Waals surface area contributed by atoms with Crippen LogP contribution in [0.5, 0.6) is 0 Å². The van der Waals surface area contributed by atoms with Gasteiger partial charge in [0, 0.05) is 6.20 Å². The van der Waals surface area contributed by atoms with Crippen LogP contribution in [-0.4, -0.2) is 18.4 Å². The number of rotatable bonds is 4. The molecule has 1 unspecified atom stereocenters. The molecule has 0 saturated heterocycles. The third-order valence-corrected chi connectivity index (χ3v) is 3.79. The van der Waals surface area contributed by atoms with Gasteiger partial charge in [0.15, 0.2) is 5.82 Å². The maximum atomic E-state index is 13.4. The van der Waals surface area contributed by atoms with Crippen molar-refractivity contribution in [3.63, 3.8) is 0 Å². The minimum atomic E-state index is -4.07. The molecule has 0 amide bonds. The second-order valence-electron chi connectivity index (χ2n) is 3.94. The first-order valence-electron chi connectivity index (χ1n) is 5.45. The molecule has 2 heterocycles. The predicted molar refractivity (Wildman–Crippen MR) is 64.2 cm³/mol. The summed E-state index contributed by atoms with van der Waals surface area (Å²) in [5.41, 5.74) is 0. The van der Waals surface area contributed by atoms with E-state index in [0.29, 0.717) is 5.76 Å². The van der Waals surface area contributed by atoms with E-state index in [1.807, 2.05) is 0 Å². The molecule has 2 aromatic heterocycles. The van der Waals surface area contributed by atoms with E-state index in [4.69, 9.17) is 4.42 Å². The summed E-state index contributed by atoms with van der Waals surface area (Å²) in [5, 5.41) is -0.648. The number of halogens is 1. The van der Waals surface area contributed by atoms with Crippen molar-refractivity contribution in [3.05, 3.63) is 42.0 Å². The molecule has 2 rings (SSSR count). The van der Waals surface area contributed by atoms with Crippen molar-refractivity contribution in [2.24, 2.45) is 0 Å². The third-order valence-electron chi connectivity index (χ3n) is 2.32. The maximum absolute atomic E-state index is 13.4. The molecule has 0 aromatic carbocycles. The van der Waals surface area contributed by atoms with Crippen LogP contribution in [0.3, 0.4) is 0 Å². The number of oxazole rings is 1. The van der Waals surface area contributed by atoms with E-state index in [-0.39, 0.29) is 5.89 Å². The van der Waals surface area contributed by atoms with Gasteiger partial charge in [0.2, 0.25) is 10.9 Å². The molecular formula is C11H12FN3O3S. The Bertz CT molecular complexity index is 684. The summed E-state index contributed by atoms with van der Waals surface area (Å²) in [6.45, 7) is 3.24. The SMILES string of the molecule is Cc1cnc(C(C)NS(=O)(=O)c2ncccc2F)o1. The molecule has 0 radical (unpaired) electrons. The molecule has 0 fully saturated rings. The van der Waals surface area contributed by atoms with E-state index in [9.17, 15) is 12.8 Å². The van der Waals surface area contributed by atoms with E-state index in [2.05, 4.69) is 14.7 Å². The van der Waals surface area contributed by atoms with Gasteiger partial charge in [-0.1, -0.05) is 0 Å². The summed E-state index contributed by atoms with van der Waals surface area (Å²) in [5.74, 6) is -0.145. The molecule has 0 aliphatic carbocycles. The summed E-state index contributed by atoms with van der Waals surface area (Å²) < 4.78 is 44.8. The van der Waals surface area contributed by atoms with Gasteiger partial charge in [-0.2, -0.15) is 4.72 Å². The third kappa shape index (κ3) is 2.96. The molecule has 0 aliphatic rings. The molecule has 0 aliphatic heterocycles. The van der Waals surface area contributed by atoms with Gasteiger partial charge in [-0.3, -0.25) is 0 Å². The van der Waals surface area contributed by atoms with Gasteiger partial charge in [-0.25, -0.2) is 22.8 Å². The first-order valence-corrected chi connectivity index (χ1v) is 6.93. The highest BCUT2D eigenvalue weighted by atomic mass is 32.2. The van der Waals surface area contributed by atoms with Crippen molar-refractivity contribution in [2.45, 2.75) is 24.9 Å². The van der Waals surface area contributed by atoms with Gasteiger partial charge < -0.3 is 4.42 Å². The molecule has 1 atom stereocenters. The Labute approximate surface area is 109 Å². The quantitative estimate of drug-likeness (QED) is 0.921. The average Bonchev–Trinajstić information content (AvgIpc) is 2.76. The Hall–Kier alpha value is -1.80. The lowest BCUT2D eigenvalue weighted by Crippen LogP contribution is -2.28. The molecule has 6 nitrogen and oxygen atoms in total. The minimum absolute atomic E-state index is 0.206. The number of aryl methyl sites for hydroxylation is 1. The van der Waals surface area contributed by atoms with Gasteiger partial charge in [0.1, 0.15) is 5.76 Å². The number of aromatic nitrogens is 2. The molecule has 0 saturated carbocycles. The van der Waals surface area contributed by atoms with Crippen LogP contribution in [-0.2, 0) is 10.0 Å². The lowest BCUT2D eigenvalue weighted by atomic mass is 10.4. The van der Waals surface area contributed by atoms with Crippen LogP contribution in [0.2, 0.25) is 0 Å². The smallest absolute Gasteiger partial charge is 0.261 e. The number of hydrogen-bond donors (Lipinski definition) is 1. The van der Waals surface area contributed by atoms with Crippen LogP contribution in [0, 0.1) is 12.7 Å². The second kappa shape index (κ2) is 5.06. The zero-order valence-electron chi connectivity index (χ0n) is 10.3. The predicted octanol–water partition coefficient (Wildman–Crippen LogP) is 1.56. The zero-order valence-corrected chi connectivity index (χ0v) is 11.1. The van der Waals surface area contributed by atoms with Gasteiger partial charge >= 0.3 is 0 Å². The molecule has 19 heavy (non-hydrogen) atoms. The van der Waals surface area contributed by atoms with Gasteiger partial charge in [0.05, 0.1) is 12.2 Å². The van der Waals surface area contributed by atoms with E-state index in [1.165, 1.54) is 18.5 Å². The van der Waals surface area contributed by atoms with Crippen molar-refractivity contribution in [1.82, 2.24) is 14.7 Å². The summed E-state index contributed by atoms with van der Waals surface area (Å²) in [7, 11) is -4.07. The molecule has 102 valence electrons. The summed E-state index contributed by atoms with van der Waals surface area (Å²) >= 11 is 0. The van der Waals surface area contributed by atoms with Crippen molar-refractivity contribution in [3.8, 4) is 0 Å². The van der Waals surface area contributed by atoms with E-state index in [1.54, 1.807) is 13.8 Å². The van der Waals surface area contributed by atoms with Crippen LogP contribution in [0.25, 0.3) is 0 Å². The number of nitrogens with one attached hydrogen (secondary N) is 1. The topological polar surface area (TPSA) is 85.1 Å². The van der Waals surface area contributed by atoms with Crippen LogP contribution in [0.4, 0.5) is 4.39 Å². The van der Waals surface area contributed by atoms with Crippen LogP contribution < -0.4 is 4.72 Å². The van der Waals surface area contributed by atoms with Crippen molar-refractivity contribution >= 4 is 10.0 Å². The van der Waals surface area contributed by atoms with Crippen molar-refractivity contribution in [1.29, 1.82) is 0 Å². The van der Waals surface area contributed by atoms with Crippen molar-refractivity contribution in [2.75, 3.05) is 0 Å². The monoisotopic (exact) mass is 285 g/mol.